The summed E-state index contributed by atoms with van der Waals surface area (Å²) >= 11 is 3.47. The lowest BCUT2D eigenvalue weighted by Crippen LogP contribution is -2.24. The van der Waals surface area contributed by atoms with Gasteiger partial charge < -0.3 is 10.5 Å². The number of fused-ring (bicyclic) bond motifs is 1. The van der Waals surface area contributed by atoms with Crippen molar-refractivity contribution in [3.63, 3.8) is 0 Å². The van der Waals surface area contributed by atoms with Crippen LogP contribution in [0.5, 0.6) is 5.75 Å². The van der Waals surface area contributed by atoms with E-state index in [1.54, 1.807) is 0 Å². The summed E-state index contributed by atoms with van der Waals surface area (Å²) in [6, 6.07) is 4.14. The molecule has 3 heteroatoms. The van der Waals surface area contributed by atoms with Gasteiger partial charge >= 0.3 is 0 Å². The van der Waals surface area contributed by atoms with Gasteiger partial charge in [-0.25, -0.2) is 0 Å². The second kappa shape index (κ2) is 3.55. The Bertz CT molecular complexity index is 365. The Morgan fingerprint density at radius 1 is 1.50 bits per heavy atom. The van der Waals surface area contributed by atoms with Gasteiger partial charge in [-0.2, -0.15) is 0 Å². The number of nitrogens with two attached hydrogens (primary N) is 1. The molecule has 0 aromatic heterocycles. The monoisotopic (exact) mass is 255 g/mol. The maximum Gasteiger partial charge on any atom is 0.127 e. The summed E-state index contributed by atoms with van der Waals surface area (Å²) in [4.78, 5) is 0. The number of ether oxygens (including phenoxy) is 1. The summed E-state index contributed by atoms with van der Waals surface area (Å²) < 4.78 is 6.88. The molecule has 0 saturated carbocycles. The maximum absolute atomic E-state index is 6.09. The molecule has 2 rings (SSSR count). The topological polar surface area (TPSA) is 35.2 Å². The van der Waals surface area contributed by atoms with Crippen LogP contribution in [0.3, 0.4) is 0 Å². The molecule has 1 heterocycles. The molecule has 2 unspecified atom stereocenters. The lowest BCUT2D eigenvalue weighted by atomic mass is 10.0. The van der Waals surface area contributed by atoms with E-state index in [4.69, 9.17) is 10.5 Å². The molecule has 2 atom stereocenters. The van der Waals surface area contributed by atoms with Crippen molar-refractivity contribution in [2.75, 3.05) is 0 Å². The molecule has 0 bridgehead atoms. The summed E-state index contributed by atoms with van der Waals surface area (Å²) in [5, 5.41) is 0. The van der Waals surface area contributed by atoms with E-state index in [-0.39, 0.29) is 12.1 Å². The van der Waals surface area contributed by atoms with E-state index < -0.39 is 0 Å². The number of hydrogen-bond acceptors (Lipinski definition) is 2. The minimum absolute atomic E-state index is 0.0196. The van der Waals surface area contributed by atoms with Crippen LogP contribution in [0.15, 0.2) is 16.6 Å². The van der Waals surface area contributed by atoms with Crippen LogP contribution in [-0.2, 0) is 0 Å². The van der Waals surface area contributed by atoms with E-state index in [0.29, 0.717) is 0 Å². The molecule has 1 aromatic rings. The molecule has 76 valence electrons. The van der Waals surface area contributed by atoms with Crippen molar-refractivity contribution in [1.82, 2.24) is 0 Å². The number of benzene rings is 1. The quantitative estimate of drug-likeness (QED) is 0.838. The highest BCUT2D eigenvalue weighted by Crippen LogP contribution is 2.40. The molecule has 0 fully saturated rings. The molecule has 0 spiro atoms. The molecule has 2 nitrogen and oxygen atoms in total. The third kappa shape index (κ3) is 1.44. The normalized spacial score (nSPS) is 24.6. The Hall–Kier alpha value is -0.540. The Balaban J connectivity index is 2.48. The molecule has 2 N–H and O–H groups in total. The van der Waals surface area contributed by atoms with E-state index in [0.717, 1.165) is 27.8 Å². The van der Waals surface area contributed by atoms with E-state index >= 15 is 0 Å². The molecular formula is C11H14BrNO. The van der Waals surface area contributed by atoms with Gasteiger partial charge in [0.05, 0.1) is 6.04 Å². The highest BCUT2D eigenvalue weighted by molar-refractivity contribution is 9.10. The van der Waals surface area contributed by atoms with Gasteiger partial charge in [0.2, 0.25) is 0 Å². The van der Waals surface area contributed by atoms with E-state index in [9.17, 15) is 0 Å². The van der Waals surface area contributed by atoms with Gasteiger partial charge in [-0.3, -0.25) is 0 Å². The summed E-state index contributed by atoms with van der Waals surface area (Å²) in [6.07, 6.45) is 1.09. The molecule has 0 aliphatic carbocycles. The molecule has 1 aliphatic rings. The standard InChI is InChI=1S/C11H14BrNO/c1-3-9-10(13)8-5-7(12)4-6(2)11(8)14-9/h4-5,9-10H,3,13H2,1-2H3. The van der Waals surface area contributed by atoms with Gasteiger partial charge in [0.25, 0.3) is 0 Å². The Labute approximate surface area is 92.6 Å². The zero-order valence-electron chi connectivity index (χ0n) is 8.38. The van der Waals surface area contributed by atoms with Crippen molar-refractivity contribution in [2.24, 2.45) is 5.73 Å². The SMILES string of the molecule is CCC1Oc2c(C)cc(Br)cc2C1N. The fraction of sp³-hybridized carbons (Fsp3) is 0.455. The zero-order valence-corrected chi connectivity index (χ0v) is 9.97. The Kier molecular flexibility index (Phi) is 2.54. The van der Waals surface area contributed by atoms with Gasteiger partial charge in [-0.1, -0.05) is 22.9 Å². The molecule has 1 aliphatic heterocycles. The molecule has 14 heavy (non-hydrogen) atoms. The maximum atomic E-state index is 6.09. The van der Waals surface area contributed by atoms with Gasteiger partial charge in [-0.05, 0) is 31.0 Å². The summed E-state index contributed by atoms with van der Waals surface area (Å²) in [5.41, 5.74) is 8.38. The van der Waals surface area contributed by atoms with E-state index in [2.05, 4.69) is 35.0 Å². The van der Waals surface area contributed by atoms with Crippen molar-refractivity contribution in [2.45, 2.75) is 32.4 Å². The van der Waals surface area contributed by atoms with Crippen molar-refractivity contribution in [3.8, 4) is 5.75 Å². The van der Waals surface area contributed by atoms with Crippen LogP contribution in [-0.4, -0.2) is 6.10 Å². The Morgan fingerprint density at radius 3 is 2.86 bits per heavy atom. The van der Waals surface area contributed by atoms with Gasteiger partial charge in [-0.15, -0.1) is 0 Å². The van der Waals surface area contributed by atoms with Crippen LogP contribution in [0, 0.1) is 6.92 Å². The lowest BCUT2D eigenvalue weighted by Gasteiger charge is -2.11. The third-order valence-corrected chi connectivity index (χ3v) is 3.16. The van der Waals surface area contributed by atoms with Gasteiger partial charge in [0, 0.05) is 10.0 Å². The number of rotatable bonds is 1. The van der Waals surface area contributed by atoms with E-state index in [1.165, 1.54) is 0 Å². The first kappa shape index (κ1) is 9.99. The van der Waals surface area contributed by atoms with Crippen LogP contribution in [0.2, 0.25) is 0 Å². The van der Waals surface area contributed by atoms with Crippen molar-refractivity contribution < 1.29 is 4.74 Å². The average Bonchev–Trinajstić information content (AvgIpc) is 2.44. The van der Waals surface area contributed by atoms with E-state index in [1.807, 2.05) is 6.92 Å². The minimum Gasteiger partial charge on any atom is -0.488 e. The third-order valence-electron chi connectivity index (χ3n) is 2.70. The highest BCUT2D eigenvalue weighted by atomic mass is 79.9. The van der Waals surface area contributed by atoms with Crippen LogP contribution in [0.25, 0.3) is 0 Å². The first-order chi connectivity index (χ1) is 6.63. The number of hydrogen-bond donors (Lipinski definition) is 1. The first-order valence-electron chi connectivity index (χ1n) is 4.85. The van der Waals surface area contributed by atoms with Crippen LogP contribution >= 0.6 is 15.9 Å². The number of aryl methyl sites for hydroxylation is 1. The highest BCUT2D eigenvalue weighted by Gasteiger charge is 2.31. The van der Waals surface area contributed by atoms with Crippen LogP contribution < -0.4 is 10.5 Å². The fourth-order valence-electron chi connectivity index (χ4n) is 1.93. The molecule has 0 radical (unpaired) electrons. The smallest absolute Gasteiger partial charge is 0.127 e. The van der Waals surface area contributed by atoms with Crippen molar-refractivity contribution in [3.05, 3.63) is 27.7 Å². The van der Waals surface area contributed by atoms with Crippen LogP contribution in [0.1, 0.15) is 30.5 Å². The first-order valence-corrected chi connectivity index (χ1v) is 5.65. The summed E-state index contributed by atoms with van der Waals surface area (Å²) in [7, 11) is 0. The molecule has 0 amide bonds. The molecule has 0 saturated heterocycles. The van der Waals surface area contributed by atoms with Gasteiger partial charge in [0.15, 0.2) is 0 Å². The predicted molar refractivity (Wildman–Crippen MR) is 60.5 cm³/mol. The van der Waals surface area contributed by atoms with Crippen LogP contribution in [0.4, 0.5) is 0 Å². The summed E-state index contributed by atoms with van der Waals surface area (Å²) in [6.45, 7) is 4.15. The lowest BCUT2D eigenvalue weighted by molar-refractivity contribution is 0.201. The zero-order chi connectivity index (χ0) is 10.3. The second-order valence-electron chi connectivity index (χ2n) is 3.73. The second-order valence-corrected chi connectivity index (χ2v) is 4.65. The van der Waals surface area contributed by atoms with Crippen molar-refractivity contribution in [1.29, 1.82) is 0 Å². The average molecular weight is 256 g/mol. The fourth-order valence-corrected chi connectivity index (χ4v) is 2.52. The summed E-state index contributed by atoms with van der Waals surface area (Å²) in [5.74, 6) is 0.979. The molecule has 1 aromatic carbocycles. The number of halogens is 1. The molecular weight excluding hydrogens is 242 g/mol. The largest absolute Gasteiger partial charge is 0.488 e. The Morgan fingerprint density at radius 2 is 2.21 bits per heavy atom. The van der Waals surface area contributed by atoms with Gasteiger partial charge in [0.1, 0.15) is 11.9 Å². The van der Waals surface area contributed by atoms with Crippen molar-refractivity contribution >= 4 is 15.9 Å². The predicted octanol–water partition coefficient (Wildman–Crippen LogP) is 2.93. The minimum atomic E-state index is 0.0196.